The van der Waals surface area contributed by atoms with Crippen LogP contribution in [-0.2, 0) is 14.6 Å². The summed E-state index contributed by atoms with van der Waals surface area (Å²) in [6.45, 7) is 6.70. The van der Waals surface area contributed by atoms with Gasteiger partial charge in [-0.05, 0) is 38.5 Å². The van der Waals surface area contributed by atoms with E-state index in [2.05, 4.69) is 0 Å². The van der Waals surface area contributed by atoms with Crippen molar-refractivity contribution >= 4 is 15.7 Å². The van der Waals surface area contributed by atoms with Crippen LogP contribution in [0.25, 0.3) is 0 Å². The molecule has 0 aromatic heterocycles. The van der Waals surface area contributed by atoms with Gasteiger partial charge in [0, 0.05) is 24.9 Å². The molecule has 1 fully saturated rings. The van der Waals surface area contributed by atoms with Crippen LogP contribution in [0.4, 0.5) is 0 Å². The highest BCUT2D eigenvalue weighted by molar-refractivity contribution is 7.90. The van der Waals surface area contributed by atoms with Crippen LogP contribution in [0.5, 0.6) is 0 Å². The number of benzene rings is 1. The second-order valence-electron chi connectivity index (χ2n) is 5.72. The van der Waals surface area contributed by atoms with Crippen molar-refractivity contribution in [3.8, 4) is 0 Å². The standard InChI is InChI=1S/C15H21NO4S/c1-10-5-6-13(21(4,18)19)7-14(10)15(17)16-8-11(2)20-12(3)9-16/h5-7,11-12H,8-9H2,1-4H3/t11-,12+. The fraction of sp³-hybridized carbons (Fsp3) is 0.533. The summed E-state index contributed by atoms with van der Waals surface area (Å²) >= 11 is 0. The zero-order chi connectivity index (χ0) is 15.8. The first kappa shape index (κ1) is 16.0. The van der Waals surface area contributed by atoms with E-state index in [1.54, 1.807) is 11.0 Å². The molecule has 21 heavy (non-hydrogen) atoms. The molecule has 0 bridgehead atoms. The first-order valence-electron chi connectivity index (χ1n) is 6.94. The minimum absolute atomic E-state index is 0.0175. The maximum Gasteiger partial charge on any atom is 0.254 e. The molecule has 0 spiro atoms. The van der Waals surface area contributed by atoms with Crippen molar-refractivity contribution in [3.63, 3.8) is 0 Å². The maximum atomic E-state index is 12.7. The van der Waals surface area contributed by atoms with Gasteiger partial charge >= 0.3 is 0 Å². The van der Waals surface area contributed by atoms with Crippen molar-refractivity contribution < 1.29 is 17.9 Å². The average molecular weight is 311 g/mol. The molecule has 1 amide bonds. The fourth-order valence-corrected chi connectivity index (χ4v) is 3.22. The van der Waals surface area contributed by atoms with Gasteiger partial charge in [0.25, 0.3) is 5.91 Å². The summed E-state index contributed by atoms with van der Waals surface area (Å²) in [5, 5.41) is 0. The first-order chi connectivity index (χ1) is 9.68. The Morgan fingerprint density at radius 1 is 1.24 bits per heavy atom. The highest BCUT2D eigenvalue weighted by Gasteiger charge is 2.27. The van der Waals surface area contributed by atoms with Crippen LogP contribution in [0.2, 0.25) is 0 Å². The largest absolute Gasteiger partial charge is 0.372 e. The summed E-state index contributed by atoms with van der Waals surface area (Å²) in [6, 6.07) is 4.68. The third-order valence-electron chi connectivity index (χ3n) is 3.57. The van der Waals surface area contributed by atoms with Gasteiger partial charge < -0.3 is 9.64 Å². The average Bonchev–Trinajstić information content (AvgIpc) is 2.36. The number of amides is 1. The highest BCUT2D eigenvalue weighted by Crippen LogP contribution is 2.20. The SMILES string of the molecule is Cc1ccc(S(C)(=O)=O)cc1C(=O)N1C[C@@H](C)O[C@@H](C)C1. The van der Waals surface area contributed by atoms with Crippen LogP contribution in [0.1, 0.15) is 29.8 Å². The predicted octanol–water partition coefficient (Wildman–Crippen LogP) is 1.65. The van der Waals surface area contributed by atoms with Crippen molar-refractivity contribution in [1.82, 2.24) is 4.90 Å². The summed E-state index contributed by atoms with van der Waals surface area (Å²) in [5.41, 5.74) is 1.22. The third-order valence-corrected chi connectivity index (χ3v) is 4.68. The zero-order valence-corrected chi connectivity index (χ0v) is 13.6. The van der Waals surface area contributed by atoms with Crippen LogP contribution in [0, 0.1) is 6.92 Å². The molecule has 2 atom stereocenters. The quantitative estimate of drug-likeness (QED) is 0.833. The molecule has 1 aromatic rings. The molecular weight excluding hydrogens is 290 g/mol. The van der Waals surface area contributed by atoms with Crippen molar-refractivity contribution in [1.29, 1.82) is 0 Å². The highest BCUT2D eigenvalue weighted by atomic mass is 32.2. The van der Waals surface area contributed by atoms with E-state index >= 15 is 0 Å². The molecule has 1 heterocycles. The molecule has 1 aliphatic rings. The number of ether oxygens (including phenoxy) is 1. The molecular formula is C15H21NO4S. The van der Waals surface area contributed by atoms with Gasteiger partial charge in [0.15, 0.2) is 9.84 Å². The Morgan fingerprint density at radius 3 is 2.33 bits per heavy atom. The van der Waals surface area contributed by atoms with E-state index in [-0.39, 0.29) is 23.0 Å². The first-order valence-corrected chi connectivity index (χ1v) is 8.83. The number of sulfone groups is 1. The third kappa shape index (κ3) is 3.63. The Labute approximate surface area is 125 Å². The van der Waals surface area contributed by atoms with Gasteiger partial charge in [-0.1, -0.05) is 6.07 Å². The van der Waals surface area contributed by atoms with Crippen LogP contribution in [0.15, 0.2) is 23.1 Å². The molecule has 0 saturated carbocycles. The topological polar surface area (TPSA) is 63.7 Å². The Balaban J connectivity index is 2.34. The van der Waals surface area contributed by atoms with Crippen LogP contribution in [0.3, 0.4) is 0 Å². The lowest BCUT2D eigenvalue weighted by atomic mass is 10.1. The fourth-order valence-electron chi connectivity index (χ4n) is 2.58. The monoisotopic (exact) mass is 311 g/mol. The van der Waals surface area contributed by atoms with Gasteiger partial charge in [0.2, 0.25) is 0 Å². The van der Waals surface area contributed by atoms with E-state index in [0.717, 1.165) is 11.8 Å². The van der Waals surface area contributed by atoms with Crippen molar-refractivity contribution in [2.45, 2.75) is 37.9 Å². The number of morpholine rings is 1. The second-order valence-corrected chi connectivity index (χ2v) is 7.73. The number of carbonyl (C=O) groups excluding carboxylic acids is 1. The number of hydrogen-bond acceptors (Lipinski definition) is 4. The molecule has 1 saturated heterocycles. The minimum Gasteiger partial charge on any atom is -0.372 e. The molecule has 5 nitrogen and oxygen atoms in total. The molecule has 6 heteroatoms. The van der Waals surface area contributed by atoms with E-state index in [1.807, 2.05) is 20.8 Å². The van der Waals surface area contributed by atoms with Gasteiger partial charge in [0.05, 0.1) is 17.1 Å². The van der Waals surface area contributed by atoms with E-state index in [9.17, 15) is 13.2 Å². The molecule has 0 aliphatic carbocycles. The van der Waals surface area contributed by atoms with Crippen LogP contribution < -0.4 is 0 Å². The zero-order valence-electron chi connectivity index (χ0n) is 12.8. The van der Waals surface area contributed by atoms with E-state index in [1.165, 1.54) is 12.1 Å². The van der Waals surface area contributed by atoms with Gasteiger partial charge in [-0.3, -0.25) is 4.79 Å². The van der Waals surface area contributed by atoms with Gasteiger partial charge in [-0.15, -0.1) is 0 Å². The summed E-state index contributed by atoms with van der Waals surface area (Å²) in [6.07, 6.45) is 1.11. The molecule has 1 aliphatic heterocycles. The number of rotatable bonds is 2. The number of nitrogens with zero attached hydrogens (tertiary/aromatic N) is 1. The van der Waals surface area contributed by atoms with Gasteiger partial charge in [0.1, 0.15) is 0 Å². The molecule has 0 radical (unpaired) electrons. The molecule has 2 rings (SSSR count). The van der Waals surface area contributed by atoms with Crippen LogP contribution >= 0.6 is 0 Å². The summed E-state index contributed by atoms with van der Waals surface area (Å²) in [5.74, 6) is -0.139. The Kier molecular flexibility index (Phi) is 4.39. The number of carbonyl (C=O) groups is 1. The van der Waals surface area contributed by atoms with Crippen LogP contribution in [-0.4, -0.2) is 50.8 Å². The Bertz CT molecular complexity index is 644. The normalized spacial score (nSPS) is 23.1. The number of hydrogen-bond donors (Lipinski definition) is 0. The smallest absolute Gasteiger partial charge is 0.254 e. The van der Waals surface area contributed by atoms with Gasteiger partial charge in [-0.2, -0.15) is 0 Å². The molecule has 0 unspecified atom stereocenters. The van der Waals surface area contributed by atoms with E-state index < -0.39 is 9.84 Å². The second kappa shape index (κ2) is 5.77. The summed E-state index contributed by atoms with van der Waals surface area (Å²) < 4.78 is 28.9. The molecule has 0 N–H and O–H groups in total. The molecule has 116 valence electrons. The van der Waals surface area contributed by atoms with E-state index in [0.29, 0.717) is 18.7 Å². The minimum atomic E-state index is -3.32. The lowest BCUT2D eigenvalue weighted by molar-refractivity contribution is -0.0586. The van der Waals surface area contributed by atoms with Crippen molar-refractivity contribution in [2.75, 3.05) is 19.3 Å². The predicted molar refractivity (Wildman–Crippen MR) is 80.2 cm³/mol. The van der Waals surface area contributed by atoms with Gasteiger partial charge in [-0.25, -0.2) is 8.42 Å². The molecule has 1 aromatic carbocycles. The maximum absolute atomic E-state index is 12.7. The lowest BCUT2D eigenvalue weighted by Crippen LogP contribution is -2.48. The lowest BCUT2D eigenvalue weighted by Gasteiger charge is -2.35. The summed E-state index contributed by atoms with van der Waals surface area (Å²) in [4.78, 5) is 14.6. The number of aryl methyl sites for hydroxylation is 1. The Hall–Kier alpha value is -1.40. The van der Waals surface area contributed by atoms with Crippen molar-refractivity contribution in [3.05, 3.63) is 29.3 Å². The summed E-state index contributed by atoms with van der Waals surface area (Å²) in [7, 11) is -3.32. The van der Waals surface area contributed by atoms with E-state index in [4.69, 9.17) is 4.74 Å². The Morgan fingerprint density at radius 2 is 1.81 bits per heavy atom. The van der Waals surface area contributed by atoms with Crippen molar-refractivity contribution in [2.24, 2.45) is 0 Å².